The molecule has 7 nitrogen and oxygen atoms in total. The van der Waals surface area contributed by atoms with E-state index in [1.807, 2.05) is 24.3 Å². The fourth-order valence-corrected chi connectivity index (χ4v) is 7.29. The average molecular weight is 587 g/mol. The van der Waals surface area contributed by atoms with Crippen molar-refractivity contribution in [1.82, 2.24) is 5.32 Å². The number of rotatable bonds is 9. The lowest BCUT2D eigenvalue weighted by molar-refractivity contribution is -0.136. The second-order valence-electron chi connectivity index (χ2n) is 10.4. The Morgan fingerprint density at radius 1 is 1.08 bits per heavy atom. The maximum absolute atomic E-state index is 13.8. The standard InChI is InChI=1S/C29H31ClN2O5S2/c1-29(2,3)21-9-11-22(12-10-21)39(36,37)32-24-7-5-4-6-20(24)18-25(32)28(35)31-14-15-38-26-13-8-19(16-23(26)30)17-27(33)34/h4-13,16,25H,14-15,17-18H2,1-3H3,(H,31,35)(H,33,34)/t25-/m0/s1. The third-order valence-corrected chi connectivity index (χ3v) is 9.85. The summed E-state index contributed by atoms with van der Waals surface area (Å²) in [5.41, 5.74) is 2.83. The number of hydrogen-bond acceptors (Lipinski definition) is 5. The van der Waals surface area contributed by atoms with E-state index in [2.05, 4.69) is 26.1 Å². The average Bonchev–Trinajstić information content (AvgIpc) is 3.27. The van der Waals surface area contributed by atoms with Crippen LogP contribution in [-0.4, -0.2) is 43.7 Å². The third-order valence-electron chi connectivity index (χ3n) is 6.52. The molecule has 1 atom stereocenters. The first-order valence-electron chi connectivity index (χ1n) is 12.5. The summed E-state index contributed by atoms with van der Waals surface area (Å²) in [6.07, 6.45) is 0.177. The summed E-state index contributed by atoms with van der Waals surface area (Å²) >= 11 is 7.72. The van der Waals surface area contributed by atoms with Gasteiger partial charge in [0, 0.05) is 23.6 Å². The fourth-order valence-electron chi connectivity index (χ4n) is 4.49. The lowest BCUT2D eigenvalue weighted by atomic mass is 9.87. The molecule has 0 unspecified atom stereocenters. The van der Waals surface area contributed by atoms with Crippen molar-refractivity contribution in [2.75, 3.05) is 16.6 Å². The van der Waals surface area contributed by atoms with Crippen molar-refractivity contribution >= 4 is 50.9 Å². The molecule has 2 N–H and O–H groups in total. The quantitative estimate of drug-likeness (QED) is 0.261. The predicted octanol–water partition coefficient (Wildman–Crippen LogP) is 5.29. The number of aliphatic carboxylic acids is 1. The number of benzene rings is 3. The van der Waals surface area contributed by atoms with Gasteiger partial charge in [0.05, 0.1) is 22.0 Å². The number of carboxylic acids is 1. The Labute approximate surface area is 238 Å². The molecule has 206 valence electrons. The summed E-state index contributed by atoms with van der Waals surface area (Å²) in [6.45, 7) is 6.49. The lowest BCUT2D eigenvalue weighted by Gasteiger charge is -2.27. The van der Waals surface area contributed by atoms with E-state index in [1.54, 1.807) is 42.5 Å². The van der Waals surface area contributed by atoms with Gasteiger partial charge < -0.3 is 10.4 Å². The topological polar surface area (TPSA) is 104 Å². The SMILES string of the molecule is CC(C)(C)c1ccc(S(=O)(=O)N2c3ccccc3C[C@H]2C(=O)NCCSc2ccc(CC(=O)O)cc2Cl)cc1. The normalized spacial score (nSPS) is 15.2. The van der Waals surface area contributed by atoms with Crippen LogP contribution in [0.5, 0.6) is 0 Å². The van der Waals surface area contributed by atoms with Gasteiger partial charge >= 0.3 is 5.97 Å². The second-order valence-corrected chi connectivity index (χ2v) is 13.8. The van der Waals surface area contributed by atoms with E-state index in [0.29, 0.717) is 28.6 Å². The molecule has 10 heteroatoms. The Hall–Kier alpha value is -3.01. The summed E-state index contributed by atoms with van der Waals surface area (Å²) in [5.74, 6) is -0.796. The van der Waals surface area contributed by atoms with Crippen LogP contribution in [0, 0.1) is 0 Å². The molecule has 0 aliphatic carbocycles. The van der Waals surface area contributed by atoms with Gasteiger partial charge in [-0.1, -0.05) is 68.8 Å². The highest BCUT2D eigenvalue weighted by molar-refractivity contribution is 7.99. The largest absolute Gasteiger partial charge is 0.481 e. The first-order chi connectivity index (χ1) is 18.4. The van der Waals surface area contributed by atoms with Crippen molar-refractivity contribution in [3.63, 3.8) is 0 Å². The molecule has 3 aromatic carbocycles. The van der Waals surface area contributed by atoms with Gasteiger partial charge in [0.1, 0.15) is 6.04 Å². The Morgan fingerprint density at radius 2 is 1.77 bits per heavy atom. The number of nitrogens with zero attached hydrogens (tertiary/aromatic N) is 1. The molecule has 1 aliphatic heterocycles. The number of thioether (sulfide) groups is 1. The van der Waals surface area contributed by atoms with Gasteiger partial charge in [-0.3, -0.25) is 13.9 Å². The van der Waals surface area contributed by atoms with E-state index in [-0.39, 0.29) is 29.1 Å². The van der Waals surface area contributed by atoms with Crippen LogP contribution >= 0.6 is 23.4 Å². The van der Waals surface area contributed by atoms with Gasteiger partial charge in [0.2, 0.25) is 5.91 Å². The van der Waals surface area contributed by atoms with Gasteiger partial charge in [-0.2, -0.15) is 0 Å². The van der Waals surface area contributed by atoms with Crippen LogP contribution in [0.2, 0.25) is 5.02 Å². The maximum Gasteiger partial charge on any atom is 0.307 e. The van der Waals surface area contributed by atoms with Crippen LogP contribution in [0.25, 0.3) is 0 Å². The van der Waals surface area contributed by atoms with Crippen LogP contribution in [0.4, 0.5) is 5.69 Å². The predicted molar refractivity (Wildman–Crippen MR) is 155 cm³/mol. The molecule has 0 saturated heterocycles. The van der Waals surface area contributed by atoms with E-state index >= 15 is 0 Å². The molecule has 3 aromatic rings. The molecule has 1 amide bonds. The number of para-hydroxylation sites is 1. The number of sulfonamides is 1. The Balaban J connectivity index is 1.46. The summed E-state index contributed by atoms with van der Waals surface area (Å²) in [6, 6.07) is 18.2. The third kappa shape index (κ3) is 6.59. The van der Waals surface area contributed by atoms with Crippen molar-refractivity contribution in [2.45, 2.75) is 54.9 Å². The molecule has 0 aromatic heterocycles. The molecule has 1 heterocycles. The zero-order chi connectivity index (χ0) is 28.4. The Bertz CT molecular complexity index is 1480. The van der Waals surface area contributed by atoms with E-state index in [9.17, 15) is 18.0 Å². The lowest BCUT2D eigenvalue weighted by Crippen LogP contribution is -2.48. The maximum atomic E-state index is 13.8. The van der Waals surface area contributed by atoms with Crippen molar-refractivity contribution in [1.29, 1.82) is 0 Å². The first-order valence-corrected chi connectivity index (χ1v) is 15.3. The summed E-state index contributed by atoms with van der Waals surface area (Å²) in [4.78, 5) is 25.1. The fraction of sp³-hybridized carbons (Fsp3) is 0.310. The number of carboxylic acid groups (broad SMARTS) is 1. The molecular weight excluding hydrogens is 556 g/mol. The van der Waals surface area contributed by atoms with Gasteiger partial charge in [-0.15, -0.1) is 11.8 Å². The molecule has 0 bridgehead atoms. The second kappa shape index (κ2) is 11.6. The Morgan fingerprint density at radius 3 is 2.41 bits per heavy atom. The van der Waals surface area contributed by atoms with Crippen LogP contribution in [0.3, 0.4) is 0 Å². The molecule has 4 rings (SSSR count). The van der Waals surface area contributed by atoms with E-state index in [0.717, 1.165) is 16.0 Å². The van der Waals surface area contributed by atoms with Crippen LogP contribution in [0.15, 0.2) is 76.5 Å². The number of amides is 1. The molecule has 1 aliphatic rings. The van der Waals surface area contributed by atoms with Gasteiger partial charge in [-0.25, -0.2) is 8.42 Å². The van der Waals surface area contributed by atoms with Crippen molar-refractivity contribution in [2.24, 2.45) is 0 Å². The van der Waals surface area contributed by atoms with E-state index in [4.69, 9.17) is 16.7 Å². The van der Waals surface area contributed by atoms with Crippen LogP contribution in [-0.2, 0) is 37.9 Å². The zero-order valence-electron chi connectivity index (χ0n) is 22.0. The number of fused-ring (bicyclic) bond motifs is 1. The number of halogens is 1. The van der Waals surface area contributed by atoms with Crippen molar-refractivity contribution in [3.05, 3.63) is 88.4 Å². The smallest absolute Gasteiger partial charge is 0.307 e. The number of carbonyl (C=O) groups excluding carboxylic acids is 1. The number of anilines is 1. The van der Waals surface area contributed by atoms with E-state index < -0.39 is 22.0 Å². The minimum atomic E-state index is -3.99. The molecule has 0 fully saturated rings. The van der Waals surface area contributed by atoms with Gasteiger partial charge in [-0.05, 0) is 52.4 Å². The minimum absolute atomic E-state index is 0.107. The van der Waals surface area contributed by atoms with Crippen molar-refractivity contribution < 1.29 is 23.1 Å². The number of nitrogens with one attached hydrogen (secondary N) is 1. The minimum Gasteiger partial charge on any atom is -0.481 e. The van der Waals surface area contributed by atoms with Gasteiger partial charge in [0.25, 0.3) is 10.0 Å². The summed E-state index contributed by atoms with van der Waals surface area (Å²) < 4.78 is 28.9. The van der Waals surface area contributed by atoms with Gasteiger partial charge in [0.15, 0.2) is 0 Å². The molecular formula is C29H31ClN2O5S2. The molecule has 0 spiro atoms. The monoisotopic (exact) mass is 586 g/mol. The highest BCUT2D eigenvalue weighted by atomic mass is 35.5. The van der Waals surface area contributed by atoms with Crippen LogP contribution in [0.1, 0.15) is 37.5 Å². The number of hydrogen-bond donors (Lipinski definition) is 2. The molecule has 39 heavy (non-hydrogen) atoms. The van der Waals surface area contributed by atoms with Crippen LogP contribution < -0.4 is 9.62 Å². The zero-order valence-corrected chi connectivity index (χ0v) is 24.4. The number of carbonyl (C=O) groups is 2. The Kier molecular flexibility index (Phi) is 8.63. The molecule has 0 saturated carbocycles. The first kappa shape index (κ1) is 29.0. The summed E-state index contributed by atoms with van der Waals surface area (Å²) in [5, 5.41) is 12.3. The van der Waals surface area contributed by atoms with E-state index in [1.165, 1.54) is 16.1 Å². The highest BCUT2D eigenvalue weighted by Gasteiger charge is 2.42. The molecule has 0 radical (unpaired) electrons. The highest BCUT2D eigenvalue weighted by Crippen LogP contribution is 2.37. The van der Waals surface area contributed by atoms with Crippen molar-refractivity contribution in [3.8, 4) is 0 Å². The summed E-state index contributed by atoms with van der Waals surface area (Å²) in [7, 11) is -3.99.